The topological polar surface area (TPSA) is 30.5 Å². The first kappa shape index (κ1) is 15.6. The Morgan fingerprint density at radius 1 is 1.14 bits per heavy atom. The Kier molecular flexibility index (Phi) is 5.04. The summed E-state index contributed by atoms with van der Waals surface area (Å²) in [7, 11) is 3.46. The lowest BCUT2D eigenvalue weighted by Gasteiger charge is -2.19. The number of rotatable bonds is 5. The fourth-order valence-electron chi connectivity index (χ4n) is 2.04. The van der Waals surface area contributed by atoms with Gasteiger partial charge in [0, 0.05) is 6.04 Å². The second-order valence-electron chi connectivity index (χ2n) is 4.56. The van der Waals surface area contributed by atoms with Crippen molar-refractivity contribution in [2.24, 2.45) is 0 Å². The fraction of sp³-hybridized carbons (Fsp3) is 0.250. The SMILES string of the molecule is CNC(C)c1c(OC)cccc1Oc1ccc(F)cc1Cl. The van der Waals surface area contributed by atoms with Gasteiger partial charge in [0.15, 0.2) is 0 Å². The van der Waals surface area contributed by atoms with Crippen LogP contribution < -0.4 is 14.8 Å². The van der Waals surface area contributed by atoms with Crippen LogP contribution in [0.4, 0.5) is 4.39 Å². The molecule has 2 rings (SSSR count). The summed E-state index contributed by atoms with van der Waals surface area (Å²) in [5.74, 6) is 1.33. The molecule has 0 bridgehead atoms. The zero-order valence-electron chi connectivity index (χ0n) is 12.1. The minimum atomic E-state index is -0.401. The molecule has 112 valence electrons. The van der Waals surface area contributed by atoms with Crippen LogP contribution >= 0.6 is 11.6 Å². The molecule has 0 fully saturated rings. The Bertz CT molecular complexity index is 634. The Labute approximate surface area is 128 Å². The van der Waals surface area contributed by atoms with Gasteiger partial charge in [0.1, 0.15) is 23.1 Å². The van der Waals surface area contributed by atoms with Gasteiger partial charge in [0.25, 0.3) is 0 Å². The number of nitrogens with one attached hydrogen (secondary N) is 1. The summed E-state index contributed by atoms with van der Waals surface area (Å²) >= 11 is 6.01. The predicted octanol–water partition coefficient (Wildman–Crippen LogP) is 4.56. The van der Waals surface area contributed by atoms with E-state index >= 15 is 0 Å². The van der Waals surface area contributed by atoms with Crippen molar-refractivity contribution in [1.29, 1.82) is 0 Å². The molecule has 1 unspecified atom stereocenters. The molecule has 0 amide bonds. The molecule has 0 heterocycles. The van der Waals surface area contributed by atoms with Crippen molar-refractivity contribution in [3.05, 3.63) is 52.8 Å². The zero-order valence-corrected chi connectivity index (χ0v) is 12.9. The van der Waals surface area contributed by atoms with Crippen LogP contribution in [0.1, 0.15) is 18.5 Å². The van der Waals surface area contributed by atoms with E-state index in [0.29, 0.717) is 17.2 Å². The molecule has 1 N–H and O–H groups in total. The van der Waals surface area contributed by atoms with Gasteiger partial charge in [-0.25, -0.2) is 4.39 Å². The van der Waals surface area contributed by atoms with E-state index in [4.69, 9.17) is 21.1 Å². The lowest BCUT2D eigenvalue weighted by molar-refractivity contribution is 0.393. The molecule has 2 aromatic carbocycles. The number of ether oxygens (including phenoxy) is 2. The van der Waals surface area contributed by atoms with Crippen molar-refractivity contribution >= 4 is 11.6 Å². The summed E-state index contributed by atoms with van der Waals surface area (Å²) < 4.78 is 24.3. The number of methoxy groups -OCH3 is 1. The van der Waals surface area contributed by atoms with Crippen molar-refractivity contribution in [2.75, 3.05) is 14.2 Å². The van der Waals surface area contributed by atoms with E-state index in [1.54, 1.807) is 7.11 Å². The Balaban J connectivity index is 2.43. The van der Waals surface area contributed by atoms with Crippen LogP contribution in [0, 0.1) is 5.82 Å². The van der Waals surface area contributed by atoms with Crippen LogP contribution in [0.25, 0.3) is 0 Å². The van der Waals surface area contributed by atoms with Crippen LogP contribution in [-0.4, -0.2) is 14.2 Å². The third-order valence-corrected chi connectivity index (χ3v) is 3.52. The Morgan fingerprint density at radius 2 is 1.86 bits per heavy atom. The van der Waals surface area contributed by atoms with Crippen LogP contribution in [0.3, 0.4) is 0 Å². The highest BCUT2D eigenvalue weighted by atomic mass is 35.5. The van der Waals surface area contributed by atoms with E-state index in [1.165, 1.54) is 18.2 Å². The second-order valence-corrected chi connectivity index (χ2v) is 4.97. The molecule has 0 saturated carbocycles. The summed E-state index contributed by atoms with van der Waals surface area (Å²) in [6.07, 6.45) is 0. The number of hydrogen-bond donors (Lipinski definition) is 1. The molecule has 3 nitrogen and oxygen atoms in total. The van der Waals surface area contributed by atoms with E-state index in [1.807, 2.05) is 32.2 Å². The van der Waals surface area contributed by atoms with Gasteiger partial charge in [-0.1, -0.05) is 17.7 Å². The highest BCUT2D eigenvalue weighted by molar-refractivity contribution is 6.32. The first-order chi connectivity index (χ1) is 10.1. The summed E-state index contributed by atoms with van der Waals surface area (Å²) in [5.41, 5.74) is 0.878. The third kappa shape index (κ3) is 3.46. The number of hydrogen-bond acceptors (Lipinski definition) is 3. The van der Waals surface area contributed by atoms with Crippen LogP contribution in [-0.2, 0) is 0 Å². The maximum absolute atomic E-state index is 13.1. The quantitative estimate of drug-likeness (QED) is 0.878. The van der Waals surface area contributed by atoms with Crippen LogP contribution in [0.15, 0.2) is 36.4 Å². The van der Waals surface area contributed by atoms with Gasteiger partial charge in [0.05, 0.1) is 17.7 Å². The molecule has 0 aromatic heterocycles. The smallest absolute Gasteiger partial charge is 0.146 e. The van der Waals surface area contributed by atoms with E-state index in [-0.39, 0.29) is 11.1 Å². The summed E-state index contributed by atoms with van der Waals surface area (Å²) in [5, 5.41) is 3.38. The van der Waals surface area contributed by atoms with Gasteiger partial charge >= 0.3 is 0 Å². The molecule has 0 saturated heterocycles. The predicted molar refractivity (Wildman–Crippen MR) is 82.0 cm³/mol. The standard InChI is InChI=1S/C16H17ClFNO2/c1-10(19-2)16-14(20-3)5-4-6-15(16)21-13-8-7-11(18)9-12(13)17/h4-10,19H,1-3H3. The van der Waals surface area contributed by atoms with Crippen LogP contribution in [0.5, 0.6) is 17.2 Å². The molecule has 0 spiro atoms. The fourth-order valence-corrected chi connectivity index (χ4v) is 2.24. The van der Waals surface area contributed by atoms with Crippen LogP contribution in [0.2, 0.25) is 5.02 Å². The third-order valence-electron chi connectivity index (χ3n) is 3.23. The van der Waals surface area contributed by atoms with Crippen molar-refractivity contribution in [3.8, 4) is 17.2 Å². The molecular formula is C16H17ClFNO2. The van der Waals surface area contributed by atoms with Crippen molar-refractivity contribution in [2.45, 2.75) is 13.0 Å². The number of benzene rings is 2. The van der Waals surface area contributed by atoms with Gasteiger partial charge < -0.3 is 14.8 Å². The zero-order chi connectivity index (χ0) is 15.4. The highest BCUT2D eigenvalue weighted by Crippen LogP contribution is 2.38. The summed E-state index contributed by atoms with van der Waals surface area (Å²) in [6.45, 7) is 2.00. The van der Waals surface area contributed by atoms with E-state index < -0.39 is 5.82 Å². The molecule has 0 radical (unpaired) electrons. The minimum absolute atomic E-state index is 0.0235. The summed E-state index contributed by atoms with van der Waals surface area (Å²) in [6, 6.07) is 9.58. The molecule has 0 aliphatic heterocycles. The maximum atomic E-state index is 13.1. The van der Waals surface area contributed by atoms with Crippen molar-refractivity contribution in [3.63, 3.8) is 0 Å². The first-order valence-electron chi connectivity index (χ1n) is 6.54. The Morgan fingerprint density at radius 3 is 2.48 bits per heavy atom. The van der Waals surface area contributed by atoms with Gasteiger partial charge in [-0.15, -0.1) is 0 Å². The second kappa shape index (κ2) is 6.78. The molecule has 5 heteroatoms. The highest BCUT2D eigenvalue weighted by Gasteiger charge is 2.17. The minimum Gasteiger partial charge on any atom is -0.496 e. The van der Waals surface area contributed by atoms with Gasteiger partial charge in [-0.05, 0) is 44.3 Å². The van der Waals surface area contributed by atoms with Crippen molar-refractivity contribution < 1.29 is 13.9 Å². The summed E-state index contributed by atoms with van der Waals surface area (Å²) in [4.78, 5) is 0. The van der Waals surface area contributed by atoms with Gasteiger partial charge in [-0.2, -0.15) is 0 Å². The first-order valence-corrected chi connectivity index (χ1v) is 6.91. The van der Waals surface area contributed by atoms with Gasteiger partial charge in [-0.3, -0.25) is 0 Å². The lowest BCUT2D eigenvalue weighted by atomic mass is 10.1. The molecular weight excluding hydrogens is 293 g/mol. The molecule has 21 heavy (non-hydrogen) atoms. The molecule has 0 aliphatic rings. The molecule has 1 atom stereocenters. The van der Waals surface area contributed by atoms with E-state index in [0.717, 1.165) is 5.56 Å². The van der Waals surface area contributed by atoms with Gasteiger partial charge in [0.2, 0.25) is 0 Å². The van der Waals surface area contributed by atoms with E-state index in [2.05, 4.69) is 5.32 Å². The maximum Gasteiger partial charge on any atom is 0.146 e. The van der Waals surface area contributed by atoms with E-state index in [9.17, 15) is 4.39 Å². The average Bonchev–Trinajstić information content (AvgIpc) is 2.49. The largest absolute Gasteiger partial charge is 0.496 e. The lowest BCUT2D eigenvalue weighted by Crippen LogP contribution is -2.14. The number of halogens is 2. The molecule has 2 aromatic rings. The molecule has 0 aliphatic carbocycles. The Hall–Kier alpha value is -1.78. The van der Waals surface area contributed by atoms with Crippen molar-refractivity contribution in [1.82, 2.24) is 5.32 Å². The monoisotopic (exact) mass is 309 g/mol. The normalized spacial score (nSPS) is 12.0. The average molecular weight is 310 g/mol.